The van der Waals surface area contributed by atoms with Crippen molar-refractivity contribution in [2.75, 3.05) is 31.1 Å². The van der Waals surface area contributed by atoms with Gasteiger partial charge < -0.3 is 15.5 Å². The van der Waals surface area contributed by atoms with Crippen LogP contribution in [0, 0.1) is 5.82 Å². The summed E-state index contributed by atoms with van der Waals surface area (Å²) in [6.07, 6.45) is 7.10. The molecule has 3 aromatic rings. The Hall–Kier alpha value is -2.69. The molecule has 2 aromatic heterocycles. The highest BCUT2D eigenvalue weighted by Crippen LogP contribution is 2.20. The molecule has 170 valence electrons. The fraction of sp³-hybridized carbons (Fsp3) is 0.348. The van der Waals surface area contributed by atoms with Gasteiger partial charge in [-0.3, -0.25) is 4.99 Å². The minimum atomic E-state index is -0.276. The van der Waals surface area contributed by atoms with Crippen LogP contribution >= 0.6 is 24.0 Å². The van der Waals surface area contributed by atoms with Crippen LogP contribution < -0.4 is 15.5 Å². The average Bonchev–Trinajstić information content (AvgIpc) is 3.47. The van der Waals surface area contributed by atoms with E-state index in [-0.39, 0.29) is 35.8 Å². The quantitative estimate of drug-likeness (QED) is 0.269. The van der Waals surface area contributed by atoms with Gasteiger partial charge in [-0.1, -0.05) is 12.1 Å². The SMILES string of the molecule is CCNC(=NCCc1ccc(-n2cccn2)cc1)NC1CCN(c2ncccc2F)C1.I. The Morgan fingerprint density at radius 2 is 2.03 bits per heavy atom. The summed E-state index contributed by atoms with van der Waals surface area (Å²) in [4.78, 5) is 10.9. The Morgan fingerprint density at radius 1 is 1.19 bits per heavy atom. The summed E-state index contributed by atoms with van der Waals surface area (Å²) in [5, 5.41) is 11.0. The van der Waals surface area contributed by atoms with Crippen molar-refractivity contribution in [1.29, 1.82) is 0 Å². The van der Waals surface area contributed by atoms with E-state index in [1.54, 1.807) is 18.5 Å². The summed E-state index contributed by atoms with van der Waals surface area (Å²) in [5.74, 6) is 0.943. The highest BCUT2D eigenvalue weighted by molar-refractivity contribution is 14.0. The topological polar surface area (TPSA) is 70.4 Å². The van der Waals surface area contributed by atoms with E-state index < -0.39 is 0 Å². The second kappa shape index (κ2) is 11.8. The van der Waals surface area contributed by atoms with Gasteiger partial charge in [-0.05, 0) is 55.7 Å². The van der Waals surface area contributed by atoms with E-state index in [0.717, 1.165) is 37.6 Å². The lowest BCUT2D eigenvalue weighted by Gasteiger charge is -2.20. The standard InChI is InChI=1S/C23H28FN7.HI/c1-2-25-23(29-19-11-16-30(17-19)22-21(24)5-3-12-26-22)27-14-10-18-6-8-20(9-7-18)31-15-4-13-28-31;/h3-9,12-13,15,19H,2,10-11,14,16-17H2,1H3,(H2,25,27,29);1H. The second-order valence-corrected chi connectivity index (χ2v) is 7.51. The van der Waals surface area contributed by atoms with Crippen molar-refractivity contribution in [3.8, 4) is 5.69 Å². The first kappa shape index (κ1) is 24.0. The summed E-state index contributed by atoms with van der Waals surface area (Å²) in [6, 6.07) is 13.5. The maximum absolute atomic E-state index is 14.0. The number of nitrogens with zero attached hydrogens (tertiary/aromatic N) is 5. The summed E-state index contributed by atoms with van der Waals surface area (Å²) < 4.78 is 15.9. The highest BCUT2D eigenvalue weighted by Gasteiger charge is 2.25. The summed E-state index contributed by atoms with van der Waals surface area (Å²) in [6.45, 7) is 4.99. The van der Waals surface area contributed by atoms with Gasteiger partial charge in [-0.25, -0.2) is 14.1 Å². The Kier molecular flexibility index (Phi) is 8.83. The van der Waals surface area contributed by atoms with E-state index in [9.17, 15) is 4.39 Å². The van der Waals surface area contributed by atoms with Gasteiger partial charge in [0.25, 0.3) is 0 Å². The minimum Gasteiger partial charge on any atom is -0.357 e. The molecule has 0 bridgehead atoms. The van der Waals surface area contributed by atoms with Crippen molar-refractivity contribution in [3.63, 3.8) is 0 Å². The molecular weight excluding hydrogens is 520 g/mol. The van der Waals surface area contributed by atoms with E-state index >= 15 is 0 Å². The molecular formula is C23H29FIN7. The van der Waals surface area contributed by atoms with Gasteiger partial charge >= 0.3 is 0 Å². The van der Waals surface area contributed by atoms with E-state index in [0.29, 0.717) is 18.9 Å². The molecule has 1 aliphatic heterocycles. The molecule has 32 heavy (non-hydrogen) atoms. The summed E-state index contributed by atoms with van der Waals surface area (Å²) in [5.41, 5.74) is 2.27. The highest BCUT2D eigenvalue weighted by atomic mass is 127. The largest absolute Gasteiger partial charge is 0.357 e. The molecule has 9 heteroatoms. The molecule has 0 spiro atoms. The van der Waals surface area contributed by atoms with Gasteiger partial charge in [0.1, 0.15) is 0 Å². The van der Waals surface area contributed by atoms with Gasteiger partial charge in [0.15, 0.2) is 17.6 Å². The number of rotatable bonds is 7. The van der Waals surface area contributed by atoms with E-state index in [1.807, 2.05) is 21.8 Å². The molecule has 2 N–H and O–H groups in total. The fourth-order valence-corrected chi connectivity index (χ4v) is 3.73. The minimum absolute atomic E-state index is 0. The first-order chi connectivity index (χ1) is 15.2. The summed E-state index contributed by atoms with van der Waals surface area (Å²) in [7, 11) is 0. The third kappa shape index (κ3) is 6.18. The van der Waals surface area contributed by atoms with Crippen LogP contribution in [0.4, 0.5) is 10.2 Å². The maximum Gasteiger partial charge on any atom is 0.191 e. The van der Waals surface area contributed by atoms with Crippen molar-refractivity contribution < 1.29 is 4.39 Å². The summed E-state index contributed by atoms with van der Waals surface area (Å²) >= 11 is 0. The predicted molar refractivity (Wildman–Crippen MR) is 137 cm³/mol. The van der Waals surface area contributed by atoms with E-state index in [4.69, 9.17) is 4.99 Å². The van der Waals surface area contributed by atoms with Crippen molar-refractivity contribution in [2.24, 2.45) is 4.99 Å². The van der Waals surface area contributed by atoms with Crippen LogP contribution in [0.1, 0.15) is 18.9 Å². The molecule has 3 heterocycles. The molecule has 1 saturated heterocycles. The Balaban J connectivity index is 0.00000289. The molecule has 0 amide bonds. The number of hydrogen-bond donors (Lipinski definition) is 2. The molecule has 1 unspecified atom stereocenters. The number of guanidine groups is 1. The molecule has 1 aromatic carbocycles. The fourth-order valence-electron chi connectivity index (χ4n) is 3.73. The van der Waals surface area contributed by atoms with Crippen LogP contribution in [-0.4, -0.2) is 52.9 Å². The molecule has 0 radical (unpaired) electrons. The number of aromatic nitrogens is 3. The van der Waals surface area contributed by atoms with Crippen molar-refractivity contribution in [2.45, 2.75) is 25.8 Å². The van der Waals surface area contributed by atoms with Crippen LogP contribution in [0.15, 0.2) is 66.0 Å². The van der Waals surface area contributed by atoms with E-state index in [2.05, 4.69) is 51.9 Å². The monoisotopic (exact) mass is 549 g/mol. The number of pyridine rings is 1. The molecule has 0 saturated carbocycles. The lowest BCUT2D eigenvalue weighted by atomic mass is 10.1. The van der Waals surface area contributed by atoms with Gasteiger partial charge in [-0.2, -0.15) is 5.10 Å². The predicted octanol–water partition coefficient (Wildman–Crippen LogP) is 3.40. The molecule has 1 atom stereocenters. The van der Waals surface area contributed by atoms with Crippen LogP contribution in [0.2, 0.25) is 0 Å². The van der Waals surface area contributed by atoms with Gasteiger partial charge in [-0.15, -0.1) is 24.0 Å². The maximum atomic E-state index is 14.0. The number of aliphatic imine (C=N–C) groups is 1. The van der Waals surface area contributed by atoms with Crippen LogP contribution in [0.3, 0.4) is 0 Å². The molecule has 7 nitrogen and oxygen atoms in total. The smallest absolute Gasteiger partial charge is 0.191 e. The van der Waals surface area contributed by atoms with Crippen LogP contribution in [-0.2, 0) is 6.42 Å². The first-order valence-electron chi connectivity index (χ1n) is 10.7. The zero-order chi connectivity index (χ0) is 21.5. The molecule has 0 aliphatic carbocycles. The number of hydrogen-bond acceptors (Lipinski definition) is 4. The van der Waals surface area contributed by atoms with E-state index in [1.165, 1.54) is 11.6 Å². The lowest BCUT2D eigenvalue weighted by molar-refractivity contribution is 0.612. The van der Waals surface area contributed by atoms with Crippen LogP contribution in [0.5, 0.6) is 0 Å². The number of anilines is 1. The Bertz CT molecular complexity index is 992. The van der Waals surface area contributed by atoms with Gasteiger partial charge in [0, 0.05) is 50.8 Å². The molecule has 1 aliphatic rings. The van der Waals surface area contributed by atoms with Crippen molar-refractivity contribution >= 4 is 35.8 Å². The molecule has 4 rings (SSSR count). The number of benzene rings is 1. The third-order valence-electron chi connectivity index (χ3n) is 5.29. The van der Waals surface area contributed by atoms with Crippen LogP contribution in [0.25, 0.3) is 5.69 Å². The molecule has 1 fully saturated rings. The Labute approximate surface area is 205 Å². The van der Waals surface area contributed by atoms with Crippen molar-refractivity contribution in [3.05, 3.63) is 72.4 Å². The zero-order valence-corrected chi connectivity index (χ0v) is 20.4. The zero-order valence-electron chi connectivity index (χ0n) is 18.1. The first-order valence-corrected chi connectivity index (χ1v) is 10.7. The average molecular weight is 549 g/mol. The van der Waals surface area contributed by atoms with Gasteiger partial charge in [0.05, 0.1) is 5.69 Å². The Morgan fingerprint density at radius 3 is 2.75 bits per heavy atom. The lowest BCUT2D eigenvalue weighted by Crippen LogP contribution is -2.44. The van der Waals surface area contributed by atoms with Crippen molar-refractivity contribution in [1.82, 2.24) is 25.4 Å². The number of nitrogens with one attached hydrogen (secondary N) is 2. The number of halogens is 2. The third-order valence-corrected chi connectivity index (χ3v) is 5.29. The normalized spacial score (nSPS) is 16.0. The van der Waals surface area contributed by atoms with Gasteiger partial charge in [0.2, 0.25) is 0 Å². The second-order valence-electron chi connectivity index (χ2n) is 7.51.